The summed E-state index contributed by atoms with van der Waals surface area (Å²) in [6.07, 6.45) is 6.81. The lowest BCUT2D eigenvalue weighted by Gasteiger charge is -2.23. The van der Waals surface area contributed by atoms with Gasteiger partial charge in [-0.05, 0) is 49.2 Å². The monoisotopic (exact) mass is 408 g/mol. The highest BCUT2D eigenvalue weighted by atomic mass is 32.2. The molecule has 1 aliphatic rings. The number of hydrogen-bond acceptors (Lipinski definition) is 4. The van der Waals surface area contributed by atoms with Gasteiger partial charge in [0.1, 0.15) is 5.82 Å². The Balaban J connectivity index is 1.56. The molecule has 4 rings (SSSR count). The first kappa shape index (κ1) is 19.2. The van der Waals surface area contributed by atoms with Crippen LogP contribution in [0.15, 0.2) is 53.4 Å². The molecule has 0 unspecified atom stereocenters. The zero-order chi connectivity index (χ0) is 20.4. The highest BCUT2D eigenvalue weighted by Gasteiger charge is 2.32. The summed E-state index contributed by atoms with van der Waals surface area (Å²) in [5, 5.41) is 0. The molecule has 1 fully saturated rings. The SMILES string of the molecule is C#CCNS(=O)(=O)c1ccc(C(=O)N2CCC[C@H]2c2nc3ccccc3[nH]2)cc1. The van der Waals surface area contributed by atoms with Gasteiger partial charge in [0.2, 0.25) is 10.0 Å². The Kier molecular flexibility index (Phi) is 5.09. The number of nitrogens with zero attached hydrogens (tertiary/aromatic N) is 2. The van der Waals surface area contributed by atoms with Crippen molar-refractivity contribution in [2.45, 2.75) is 23.8 Å². The molecule has 29 heavy (non-hydrogen) atoms. The minimum atomic E-state index is -3.68. The first-order valence-electron chi connectivity index (χ1n) is 9.28. The molecular weight excluding hydrogens is 388 g/mol. The maximum absolute atomic E-state index is 13.1. The fourth-order valence-electron chi connectivity index (χ4n) is 3.59. The maximum atomic E-state index is 13.1. The van der Waals surface area contributed by atoms with E-state index in [1.54, 1.807) is 4.90 Å². The molecule has 148 valence electrons. The van der Waals surface area contributed by atoms with Crippen LogP contribution in [0.4, 0.5) is 0 Å². The summed E-state index contributed by atoms with van der Waals surface area (Å²) in [4.78, 5) is 22.9. The number of H-pyrrole nitrogens is 1. The van der Waals surface area contributed by atoms with Crippen molar-refractivity contribution in [1.29, 1.82) is 0 Å². The smallest absolute Gasteiger partial charge is 0.254 e. The maximum Gasteiger partial charge on any atom is 0.254 e. The molecule has 7 nitrogen and oxygen atoms in total. The average Bonchev–Trinajstić information content (AvgIpc) is 3.38. The normalized spacial score (nSPS) is 16.8. The van der Waals surface area contributed by atoms with Gasteiger partial charge in [0.05, 0.1) is 28.5 Å². The van der Waals surface area contributed by atoms with Gasteiger partial charge >= 0.3 is 0 Å². The van der Waals surface area contributed by atoms with E-state index >= 15 is 0 Å². The molecule has 2 heterocycles. The number of fused-ring (bicyclic) bond motifs is 1. The van der Waals surface area contributed by atoms with Crippen LogP contribution in [0.1, 0.15) is 35.1 Å². The highest BCUT2D eigenvalue weighted by molar-refractivity contribution is 7.89. The van der Waals surface area contributed by atoms with Crippen molar-refractivity contribution in [3.63, 3.8) is 0 Å². The molecule has 3 aromatic rings. The van der Waals surface area contributed by atoms with Crippen LogP contribution in [-0.4, -0.2) is 42.3 Å². The summed E-state index contributed by atoms with van der Waals surface area (Å²) in [5.41, 5.74) is 2.25. The Bertz CT molecular complexity index is 1160. The Hall–Kier alpha value is -3.15. The summed E-state index contributed by atoms with van der Waals surface area (Å²) >= 11 is 0. The third-order valence-corrected chi connectivity index (χ3v) is 6.43. The largest absolute Gasteiger partial charge is 0.340 e. The first-order valence-corrected chi connectivity index (χ1v) is 10.8. The van der Waals surface area contributed by atoms with E-state index in [1.807, 2.05) is 24.3 Å². The number of rotatable bonds is 5. The standard InChI is InChI=1S/C21H20N4O3S/c1-2-13-22-29(27,28)16-11-9-15(10-12-16)21(26)25-14-5-8-19(25)20-23-17-6-3-4-7-18(17)24-20/h1,3-4,6-7,9-12,19,22H,5,8,13-14H2,(H,23,24)/t19-/m0/s1. The van der Waals surface area contributed by atoms with Crippen LogP contribution in [0.25, 0.3) is 11.0 Å². The van der Waals surface area contributed by atoms with E-state index in [9.17, 15) is 13.2 Å². The molecule has 1 amide bonds. The van der Waals surface area contributed by atoms with Crippen LogP contribution < -0.4 is 4.72 Å². The molecule has 0 bridgehead atoms. The van der Waals surface area contributed by atoms with E-state index in [1.165, 1.54) is 24.3 Å². The molecule has 1 atom stereocenters. The van der Waals surface area contributed by atoms with Gasteiger partial charge in [-0.1, -0.05) is 18.1 Å². The second-order valence-corrected chi connectivity index (χ2v) is 8.62. The number of aromatic amines is 1. The second-order valence-electron chi connectivity index (χ2n) is 6.85. The number of likely N-dealkylation sites (tertiary alicyclic amines) is 1. The number of amides is 1. The highest BCUT2D eigenvalue weighted by Crippen LogP contribution is 2.32. The lowest BCUT2D eigenvalue weighted by molar-refractivity contribution is 0.0730. The van der Waals surface area contributed by atoms with Gasteiger partial charge in [-0.3, -0.25) is 4.79 Å². The molecule has 1 aromatic heterocycles. The van der Waals surface area contributed by atoms with Gasteiger partial charge in [-0.15, -0.1) is 6.42 Å². The number of benzene rings is 2. The minimum Gasteiger partial charge on any atom is -0.340 e. The van der Waals surface area contributed by atoms with E-state index in [-0.39, 0.29) is 23.4 Å². The predicted molar refractivity (Wildman–Crippen MR) is 110 cm³/mol. The number of terminal acetylenes is 1. The molecule has 0 saturated carbocycles. The Morgan fingerprint density at radius 3 is 2.72 bits per heavy atom. The molecule has 0 spiro atoms. The Morgan fingerprint density at radius 2 is 2.00 bits per heavy atom. The number of carbonyl (C=O) groups is 1. The topological polar surface area (TPSA) is 95.2 Å². The van der Waals surface area contributed by atoms with E-state index in [0.29, 0.717) is 12.1 Å². The minimum absolute atomic E-state index is 0.0690. The van der Waals surface area contributed by atoms with Crippen LogP contribution in [0.2, 0.25) is 0 Å². The Morgan fingerprint density at radius 1 is 1.24 bits per heavy atom. The average molecular weight is 408 g/mol. The van der Waals surface area contributed by atoms with Gasteiger partial charge < -0.3 is 9.88 Å². The van der Waals surface area contributed by atoms with E-state index in [0.717, 1.165) is 29.7 Å². The molecule has 1 saturated heterocycles. The van der Waals surface area contributed by atoms with Crippen LogP contribution in [0.3, 0.4) is 0 Å². The molecule has 2 N–H and O–H groups in total. The third-order valence-electron chi connectivity index (χ3n) is 5.01. The third kappa shape index (κ3) is 3.75. The summed E-state index contributed by atoms with van der Waals surface area (Å²) < 4.78 is 26.6. The molecule has 2 aromatic carbocycles. The molecule has 8 heteroatoms. The van der Waals surface area contributed by atoms with E-state index in [4.69, 9.17) is 6.42 Å². The van der Waals surface area contributed by atoms with Crippen molar-refractivity contribution in [2.24, 2.45) is 0 Å². The van der Waals surface area contributed by atoms with Gasteiger partial charge in [0.15, 0.2) is 0 Å². The zero-order valence-electron chi connectivity index (χ0n) is 15.6. The number of sulfonamides is 1. The van der Waals surface area contributed by atoms with Crippen LogP contribution in [0, 0.1) is 12.3 Å². The quantitative estimate of drug-likeness (QED) is 0.634. The van der Waals surface area contributed by atoms with Crippen LogP contribution >= 0.6 is 0 Å². The Labute approximate surface area is 169 Å². The second kappa shape index (κ2) is 7.70. The fraction of sp³-hybridized carbons (Fsp3) is 0.238. The van der Waals surface area contributed by atoms with E-state index < -0.39 is 10.0 Å². The zero-order valence-corrected chi connectivity index (χ0v) is 16.4. The first-order chi connectivity index (χ1) is 14.0. The van der Waals surface area contributed by atoms with Crippen molar-refractivity contribution in [3.05, 3.63) is 59.9 Å². The van der Waals surface area contributed by atoms with Crippen LogP contribution in [-0.2, 0) is 10.0 Å². The van der Waals surface area contributed by atoms with Crippen molar-refractivity contribution in [3.8, 4) is 12.3 Å². The molecule has 1 aliphatic heterocycles. The molecule has 0 radical (unpaired) electrons. The number of imidazole rings is 1. The van der Waals surface area contributed by atoms with Gasteiger partial charge in [0.25, 0.3) is 5.91 Å². The summed E-state index contributed by atoms with van der Waals surface area (Å²) in [7, 11) is -3.68. The van der Waals surface area contributed by atoms with Gasteiger partial charge in [-0.2, -0.15) is 4.72 Å². The summed E-state index contributed by atoms with van der Waals surface area (Å²) in [5.74, 6) is 2.86. The molecule has 0 aliphatic carbocycles. The van der Waals surface area contributed by atoms with Crippen molar-refractivity contribution < 1.29 is 13.2 Å². The summed E-state index contributed by atoms with van der Waals surface area (Å²) in [6, 6.07) is 13.5. The van der Waals surface area contributed by atoms with Crippen LogP contribution in [0.5, 0.6) is 0 Å². The van der Waals surface area contributed by atoms with Gasteiger partial charge in [0, 0.05) is 12.1 Å². The van der Waals surface area contributed by atoms with E-state index in [2.05, 4.69) is 20.6 Å². The predicted octanol–water partition coefficient (Wildman–Crippen LogP) is 2.45. The summed E-state index contributed by atoms with van der Waals surface area (Å²) in [6.45, 7) is 0.542. The molecular formula is C21H20N4O3S. The number of aromatic nitrogens is 2. The van der Waals surface area contributed by atoms with Crippen molar-refractivity contribution in [1.82, 2.24) is 19.6 Å². The van der Waals surface area contributed by atoms with Gasteiger partial charge in [-0.25, -0.2) is 13.4 Å². The number of para-hydroxylation sites is 2. The number of carbonyl (C=O) groups excluding carboxylic acids is 1. The number of nitrogens with one attached hydrogen (secondary N) is 2. The van der Waals surface area contributed by atoms with Crippen molar-refractivity contribution in [2.75, 3.05) is 13.1 Å². The lowest BCUT2D eigenvalue weighted by atomic mass is 10.1. The number of hydrogen-bond donors (Lipinski definition) is 2. The van der Waals surface area contributed by atoms with Crippen molar-refractivity contribution >= 4 is 27.0 Å². The fourth-order valence-corrected chi connectivity index (χ4v) is 4.52. The lowest BCUT2D eigenvalue weighted by Crippen LogP contribution is -2.31.